The maximum Gasteiger partial charge on any atom is 0.410 e. The number of aromatic nitrogens is 2. The number of rotatable bonds is 2. The number of hydrogen-bond acceptors (Lipinski definition) is 5. The van der Waals surface area contributed by atoms with Gasteiger partial charge in [0.25, 0.3) is 5.92 Å². The van der Waals surface area contributed by atoms with Crippen molar-refractivity contribution in [2.45, 2.75) is 44.8 Å². The molecule has 10 heteroatoms. The van der Waals surface area contributed by atoms with E-state index in [0.717, 1.165) is 22.0 Å². The number of likely N-dealkylation sites (tertiary alicyclic amines) is 1. The lowest BCUT2D eigenvalue weighted by Crippen LogP contribution is -2.52. The van der Waals surface area contributed by atoms with Gasteiger partial charge in [0.15, 0.2) is 0 Å². The molecule has 0 bridgehead atoms. The molecule has 1 atom stereocenters. The van der Waals surface area contributed by atoms with Crippen LogP contribution in [0.15, 0.2) is 12.4 Å². The van der Waals surface area contributed by atoms with Crippen molar-refractivity contribution in [1.29, 1.82) is 0 Å². The Morgan fingerprint density at radius 1 is 1.52 bits per heavy atom. The number of carbonyl (C=O) groups is 1. The summed E-state index contributed by atoms with van der Waals surface area (Å²) < 4.78 is 34.6. The number of nitro groups is 1. The van der Waals surface area contributed by atoms with Crippen LogP contribution in [-0.4, -0.2) is 50.3 Å². The van der Waals surface area contributed by atoms with Crippen LogP contribution in [0.4, 0.5) is 19.3 Å². The predicted octanol–water partition coefficient (Wildman–Crippen LogP) is 2.61. The Morgan fingerprint density at radius 2 is 2.17 bits per heavy atom. The topological polar surface area (TPSA) is 90.5 Å². The van der Waals surface area contributed by atoms with E-state index in [1.807, 2.05) is 0 Å². The van der Waals surface area contributed by atoms with Gasteiger partial charge in [-0.1, -0.05) is 0 Å². The zero-order valence-electron chi connectivity index (χ0n) is 13.0. The summed E-state index contributed by atoms with van der Waals surface area (Å²) in [4.78, 5) is 22.8. The molecule has 23 heavy (non-hydrogen) atoms. The molecule has 0 aromatic carbocycles. The van der Waals surface area contributed by atoms with Crippen LogP contribution in [0.2, 0.25) is 0 Å². The van der Waals surface area contributed by atoms with Crippen molar-refractivity contribution in [1.82, 2.24) is 14.7 Å². The fourth-order valence-electron chi connectivity index (χ4n) is 2.33. The van der Waals surface area contributed by atoms with Gasteiger partial charge in [0.05, 0.1) is 11.5 Å². The molecule has 1 aliphatic rings. The standard InChI is InChI=1S/C13H18F2N4O4/c1-12(2,3)23-11(20)17-5-4-10(13(14,15)8-17)18-7-9(6-16-18)19(21)22/h6-7,10H,4-5,8H2,1-3H3. The van der Waals surface area contributed by atoms with Crippen molar-refractivity contribution in [2.75, 3.05) is 13.1 Å². The number of hydrogen-bond donors (Lipinski definition) is 0. The summed E-state index contributed by atoms with van der Waals surface area (Å²) in [5.41, 5.74) is -1.12. The summed E-state index contributed by atoms with van der Waals surface area (Å²) in [5, 5.41) is 14.3. The maximum atomic E-state index is 14.3. The number of nitrogens with zero attached hydrogens (tertiary/aromatic N) is 4. The van der Waals surface area contributed by atoms with Gasteiger partial charge in [-0.25, -0.2) is 13.6 Å². The summed E-state index contributed by atoms with van der Waals surface area (Å²) >= 11 is 0. The van der Waals surface area contributed by atoms with E-state index in [1.54, 1.807) is 20.8 Å². The second-order valence-electron chi connectivity index (χ2n) is 6.40. The normalized spacial score (nSPS) is 21.1. The molecule has 2 rings (SSSR count). The highest BCUT2D eigenvalue weighted by atomic mass is 19.3. The maximum absolute atomic E-state index is 14.3. The molecule has 128 valence electrons. The second kappa shape index (κ2) is 5.74. The molecule has 0 N–H and O–H groups in total. The minimum absolute atomic E-state index is 0.0584. The van der Waals surface area contributed by atoms with Gasteiger partial charge in [0.2, 0.25) is 0 Å². The average Bonchev–Trinajstić information content (AvgIpc) is 2.84. The molecule has 1 aromatic heterocycles. The highest BCUT2D eigenvalue weighted by molar-refractivity contribution is 5.68. The second-order valence-corrected chi connectivity index (χ2v) is 6.40. The van der Waals surface area contributed by atoms with E-state index in [0.29, 0.717) is 0 Å². The van der Waals surface area contributed by atoms with Crippen molar-refractivity contribution < 1.29 is 23.2 Å². The Hall–Kier alpha value is -2.26. The first-order valence-corrected chi connectivity index (χ1v) is 7.04. The zero-order chi connectivity index (χ0) is 17.4. The Kier molecular flexibility index (Phi) is 4.27. The van der Waals surface area contributed by atoms with E-state index in [9.17, 15) is 23.7 Å². The monoisotopic (exact) mass is 332 g/mol. The van der Waals surface area contributed by atoms with Crippen LogP contribution in [0.1, 0.15) is 33.2 Å². The fraction of sp³-hybridized carbons (Fsp3) is 0.692. The van der Waals surface area contributed by atoms with Crippen LogP contribution >= 0.6 is 0 Å². The minimum Gasteiger partial charge on any atom is -0.444 e. The molecule has 1 saturated heterocycles. The lowest BCUT2D eigenvalue weighted by Gasteiger charge is -2.38. The summed E-state index contributed by atoms with van der Waals surface area (Å²) in [6, 6.07) is -1.34. The predicted molar refractivity (Wildman–Crippen MR) is 75.3 cm³/mol. The third-order valence-electron chi connectivity index (χ3n) is 3.33. The number of halogens is 2. The first-order valence-electron chi connectivity index (χ1n) is 7.04. The highest BCUT2D eigenvalue weighted by Crippen LogP contribution is 2.37. The summed E-state index contributed by atoms with van der Waals surface area (Å²) in [6.07, 6.45) is 1.02. The van der Waals surface area contributed by atoms with E-state index in [-0.39, 0.29) is 18.7 Å². The lowest BCUT2D eigenvalue weighted by atomic mass is 10.0. The van der Waals surface area contributed by atoms with Gasteiger partial charge in [-0.3, -0.25) is 14.8 Å². The first kappa shape index (κ1) is 17.1. The Balaban J connectivity index is 2.10. The smallest absolute Gasteiger partial charge is 0.410 e. The quantitative estimate of drug-likeness (QED) is 0.613. The summed E-state index contributed by atoms with van der Waals surface area (Å²) in [5.74, 6) is -3.27. The van der Waals surface area contributed by atoms with E-state index in [4.69, 9.17) is 4.74 Å². The molecule has 1 aliphatic heterocycles. The van der Waals surface area contributed by atoms with E-state index >= 15 is 0 Å². The molecule has 0 spiro atoms. The molecule has 8 nitrogen and oxygen atoms in total. The van der Waals surface area contributed by atoms with Gasteiger partial charge >= 0.3 is 11.8 Å². The van der Waals surface area contributed by atoms with Crippen LogP contribution in [0.5, 0.6) is 0 Å². The lowest BCUT2D eigenvalue weighted by molar-refractivity contribution is -0.385. The number of carbonyl (C=O) groups excluding carboxylic acids is 1. The molecule has 1 fully saturated rings. The fourth-order valence-corrected chi connectivity index (χ4v) is 2.33. The van der Waals surface area contributed by atoms with Gasteiger partial charge < -0.3 is 9.64 Å². The Labute approximate surface area is 131 Å². The Bertz CT molecular complexity index is 611. The van der Waals surface area contributed by atoms with Gasteiger partial charge in [-0.05, 0) is 27.2 Å². The van der Waals surface area contributed by atoms with Crippen LogP contribution in [0.3, 0.4) is 0 Å². The number of piperidine rings is 1. The number of ether oxygens (including phenoxy) is 1. The molecule has 2 heterocycles. The Morgan fingerprint density at radius 3 is 2.65 bits per heavy atom. The highest BCUT2D eigenvalue weighted by Gasteiger charge is 2.48. The van der Waals surface area contributed by atoms with Gasteiger partial charge in [0.1, 0.15) is 24.0 Å². The van der Waals surface area contributed by atoms with Crippen LogP contribution in [-0.2, 0) is 4.74 Å². The SMILES string of the molecule is CC(C)(C)OC(=O)N1CCC(n2cc([N+](=O)[O-])cn2)C(F)(F)C1. The third-order valence-corrected chi connectivity index (χ3v) is 3.33. The molecular formula is C13H18F2N4O4. The average molecular weight is 332 g/mol. The van der Waals surface area contributed by atoms with Crippen molar-refractivity contribution in [3.05, 3.63) is 22.5 Å². The van der Waals surface area contributed by atoms with Gasteiger partial charge in [0, 0.05) is 6.54 Å². The molecular weight excluding hydrogens is 314 g/mol. The molecule has 1 aromatic rings. The molecule has 0 radical (unpaired) electrons. The van der Waals surface area contributed by atoms with Gasteiger partial charge in [-0.2, -0.15) is 5.10 Å². The number of alkyl halides is 2. The summed E-state index contributed by atoms with van der Waals surface area (Å²) in [7, 11) is 0. The molecule has 0 aliphatic carbocycles. The van der Waals surface area contributed by atoms with Crippen molar-refractivity contribution in [3.63, 3.8) is 0 Å². The molecule has 0 saturated carbocycles. The molecule has 1 amide bonds. The number of amides is 1. The van der Waals surface area contributed by atoms with Crippen molar-refractivity contribution in [3.8, 4) is 0 Å². The van der Waals surface area contributed by atoms with Crippen molar-refractivity contribution in [2.24, 2.45) is 0 Å². The van der Waals surface area contributed by atoms with E-state index in [2.05, 4.69) is 5.10 Å². The van der Waals surface area contributed by atoms with Gasteiger partial charge in [-0.15, -0.1) is 0 Å². The minimum atomic E-state index is -3.27. The molecule has 1 unspecified atom stereocenters. The van der Waals surface area contributed by atoms with Crippen molar-refractivity contribution >= 4 is 11.8 Å². The van der Waals surface area contributed by atoms with Crippen LogP contribution < -0.4 is 0 Å². The van der Waals surface area contributed by atoms with E-state index in [1.165, 1.54) is 0 Å². The van der Waals surface area contributed by atoms with Crippen LogP contribution in [0.25, 0.3) is 0 Å². The zero-order valence-corrected chi connectivity index (χ0v) is 13.0. The third kappa shape index (κ3) is 3.93. The van der Waals surface area contributed by atoms with Crippen LogP contribution in [0, 0.1) is 10.1 Å². The summed E-state index contributed by atoms with van der Waals surface area (Å²) in [6.45, 7) is 4.19. The largest absolute Gasteiger partial charge is 0.444 e. The first-order chi connectivity index (χ1) is 10.5. The van der Waals surface area contributed by atoms with E-state index < -0.39 is 35.1 Å².